The molecule has 0 saturated carbocycles. The van der Waals surface area contributed by atoms with Gasteiger partial charge in [-0.05, 0) is 6.92 Å². The maximum atomic E-state index is 10.6. The molecule has 0 unspecified atom stereocenters. The van der Waals surface area contributed by atoms with Gasteiger partial charge in [0.15, 0.2) is 5.13 Å². The minimum absolute atomic E-state index is 0.487. The molecule has 5 heteroatoms. The minimum Gasteiger partial charge on any atom is -0.351 e. The van der Waals surface area contributed by atoms with E-state index in [-0.39, 0.29) is 0 Å². The fourth-order valence-corrected chi connectivity index (χ4v) is 1.36. The van der Waals surface area contributed by atoms with E-state index in [1.54, 1.807) is 7.05 Å². The number of hydrogen-bond donors (Lipinski definition) is 1. The summed E-state index contributed by atoms with van der Waals surface area (Å²) in [5.74, 6) is 0. The molecule has 0 fully saturated rings. The van der Waals surface area contributed by atoms with Gasteiger partial charge in [-0.25, -0.2) is 9.78 Å². The Kier molecular flexibility index (Phi) is 2.09. The molecule has 1 aromatic heterocycles. The number of anilines is 1. The predicted octanol–water partition coefficient (Wildman–Crippen LogP) is 0.966. The first-order valence-electron chi connectivity index (χ1n) is 3.06. The summed E-state index contributed by atoms with van der Waals surface area (Å²) in [6.45, 7) is 1.87. The summed E-state index contributed by atoms with van der Waals surface area (Å²) in [5.41, 5.74) is 5.93. The van der Waals surface area contributed by atoms with Crippen LogP contribution in [0.1, 0.15) is 5.69 Å². The number of hydrogen-bond acceptors (Lipinski definition) is 3. The molecule has 0 aliphatic heterocycles. The third-order valence-electron chi connectivity index (χ3n) is 1.22. The van der Waals surface area contributed by atoms with Crippen molar-refractivity contribution in [1.82, 2.24) is 4.98 Å². The van der Waals surface area contributed by atoms with Crippen LogP contribution in [0, 0.1) is 6.92 Å². The monoisotopic (exact) mass is 171 g/mol. The van der Waals surface area contributed by atoms with Gasteiger partial charge in [-0.2, -0.15) is 0 Å². The third kappa shape index (κ3) is 1.68. The highest BCUT2D eigenvalue weighted by molar-refractivity contribution is 7.14. The normalized spacial score (nSPS) is 9.64. The molecule has 0 aromatic carbocycles. The molecule has 0 spiro atoms. The van der Waals surface area contributed by atoms with Crippen molar-refractivity contribution in [3.63, 3.8) is 0 Å². The Bertz CT molecular complexity index is 271. The molecular weight excluding hydrogens is 162 g/mol. The number of primary amides is 1. The maximum Gasteiger partial charge on any atom is 0.320 e. The van der Waals surface area contributed by atoms with E-state index in [1.807, 2.05) is 12.3 Å². The maximum absolute atomic E-state index is 10.6. The lowest BCUT2D eigenvalue weighted by molar-refractivity contribution is 0.255. The van der Waals surface area contributed by atoms with Gasteiger partial charge in [0.25, 0.3) is 0 Å². The summed E-state index contributed by atoms with van der Waals surface area (Å²) >= 11 is 1.40. The Morgan fingerprint density at radius 2 is 2.45 bits per heavy atom. The van der Waals surface area contributed by atoms with Crippen molar-refractivity contribution < 1.29 is 4.79 Å². The van der Waals surface area contributed by atoms with Crippen molar-refractivity contribution in [3.8, 4) is 0 Å². The molecule has 0 atom stereocenters. The van der Waals surface area contributed by atoms with Crippen LogP contribution in [0.15, 0.2) is 5.38 Å². The fourth-order valence-electron chi connectivity index (χ4n) is 0.590. The zero-order valence-corrected chi connectivity index (χ0v) is 7.18. The molecule has 2 N–H and O–H groups in total. The largest absolute Gasteiger partial charge is 0.351 e. The molecule has 0 saturated heterocycles. The van der Waals surface area contributed by atoms with Crippen LogP contribution in [0.5, 0.6) is 0 Å². The van der Waals surface area contributed by atoms with Crippen LogP contribution >= 0.6 is 11.3 Å². The molecule has 1 aromatic rings. The van der Waals surface area contributed by atoms with E-state index in [0.29, 0.717) is 5.13 Å². The topological polar surface area (TPSA) is 59.2 Å². The van der Waals surface area contributed by atoms with E-state index >= 15 is 0 Å². The minimum atomic E-state index is -0.487. The first-order chi connectivity index (χ1) is 5.11. The fraction of sp³-hybridized carbons (Fsp3) is 0.333. The molecular formula is C6H9N3OS. The van der Waals surface area contributed by atoms with Gasteiger partial charge in [0.1, 0.15) is 0 Å². The summed E-state index contributed by atoms with van der Waals surface area (Å²) in [5, 5.41) is 2.50. The van der Waals surface area contributed by atoms with E-state index in [9.17, 15) is 4.79 Å². The number of aryl methyl sites for hydroxylation is 1. The number of aromatic nitrogens is 1. The Morgan fingerprint density at radius 1 is 1.82 bits per heavy atom. The number of thiazole rings is 1. The molecule has 1 rings (SSSR count). The summed E-state index contributed by atoms with van der Waals surface area (Å²) in [6.07, 6.45) is 0. The first-order valence-corrected chi connectivity index (χ1v) is 3.94. The Morgan fingerprint density at radius 3 is 2.82 bits per heavy atom. The predicted molar refractivity (Wildman–Crippen MR) is 44.8 cm³/mol. The zero-order valence-electron chi connectivity index (χ0n) is 6.37. The van der Waals surface area contributed by atoms with Crippen molar-refractivity contribution in [1.29, 1.82) is 0 Å². The van der Waals surface area contributed by atoms with Gasteiger partial charge >= 0.3 is 6.03 Å². The highest BCUT2D eigenvalue weighted by Crippen LogP contribution is 2.17. The van der Waals surface area contributed by atoms with Crippen molar-refractivity contribution in [3.05, 3.63) is 11.1 Å². The second-order valence-electron chi connectivity index (χ2n) is 2.17. The van der Waals surface area contributed by atoms with Crippen molar-refractivity contribution in [2.24, 2.45) is 5.73 Å². The van der Waals surface area contributed by atoms with Crippen LogP contribution in [0.25, 0.3) is 0 Å². The summed E-state index contributed by atoms with van der Waals surface area (Å²) < 4.78 is 0. The second kappa shape index (κ2) is 2.87. The molecule has 11 heavy (non-hydrogen) atoms. The van der Waals surface area contributed by atoms with Gasteiger partial charge < -0.3 is 5.73 Å². The van der Waals surface area contributed by atoms with Crippen LogP contribution in [-0.4, -0.2) is 18.1 Å². The second-order valence-corrected chi connectivity index (χ2v) is 3.01. The summed E-state index contributed by atoms with van der Waals surface area (Å²) in [4.78, 5) is 16.0. The number of carbonyl (C=O) groups is 1. The molecule has 60 valence electrons. The Hall–Kier alpha value is -1.10. The lowest BCUT2D eigenvalue weighted by atomic mass is 10.6. The number of amides is 2. The van der Waals surface area contributed by atoms with Crippen LogP contribution in [0.2, 0.25) is 0 Å². The SMILES string of the molecule is Cc1csc(N(C)C(N)=O)n1. The molecule has 0 aliphatic rings. The van der Waals surface area contributed by atoms with E-state index in [4.69, 9.17) is 5.73 Å². The molecule has 4 nitrogen and oxygen atoms in total. The number of carbonyl (C=O) groups excluding carboxylic acids is 1. The number of urea groups is 1. The smallest absolute Gasteiger partial charge is 0.320 e. The lowest BCUT2D eigenvalue weighted by Gasteiger charge is -2.08. The lowest BCUT2D eigenvalue weighted by Crippen LogP contribution is -2.31. The van der Waals surface area contributed by atoms with Gasteiger partial charge in [-0.1, -0.05) is 0 Å². The first kappa shape index (κ1) is 8.00. The molecule has 2 amide bonds. The van der Waals surface area contributed by atoms with Crippen molar-refractivity contribution in [2.45, 2.75) is 6.92 Å². The average Bonchev–Trinajstić information content (AvgIpc) is 2.34. The van der Waals surface area contributed by atoms with Crippen LogP contribution in [0.3, 0.4) is 0 Å². The number of rotatable bonds is 1. The average molecular weight is 171 g/mol. The Balaban J connectivity index is 2.84. The summed E-state index contributed by atoms with van der Waals surface area (Å²) in [7, 11) is 1.60. The van der Waals surface area contributed by atoms with Gasteiger partial charge in [-0.15, -0.1) is 11.3 Å². The Labute approximate surface area is 68.6 Å². The van der Waals surface area contributed by atoms with E-state index in [0.717, 1.165) is 5.69 Å². The number of nitrogens with two attached hydrogens (primary N) is 1. The standard InChI is InChI=1S/C6H9N3OS/c1-4-3-11-6(8-4)9(2)5(7)10/h3H,1-2H3,(H2,7,10). The van der Waals surface area contributed by atoms with Crippen molar-refractivity contribution in [2.75, 3.05) is 11.9 Å². The zero-order chi connectivity index (χ0) is 8.43. The number of nitrogens with zero attached hydrogens (tertiary/aromatic N) is 2. The highest BCUT2D eigenvalue weighted by atomic mass is 32.1. The van der Waals surface area contributed by atoms with Gasteiger partial charge in [0.2, 0.25) is 0 Å². The van der Waals surface area contributed by atoms with Crippen LogP contribution < -0.4 is 10.6 Å². The van der Waals surface area contributed by atoms with Crippen molar-refractivity contribution >= 4 is 22.5 Å². The summed E-state index contributed by atoms with van der Waals surface area (Å²) in [6, 6.07) is -0.487. The molecule has 1 heterocycles. The van der Waals surface area contributed by atoms with Gasteiger partial charge in [0, 0.05) is 12.4 Å². The van der Waals surface area contributed by atoms with Crippen LogP contribution in [-0.2, 0) is 0 Å². The van der Waals surface area contributed by atoms with E-state index in [1.165, 1.54) is 16.2 Å². The van der Waals surface area contributed by atoms with E-state index < -0.39 is 6.03 Å². The molecule has 0 bridgehead atoms. The molecule has 0 radical (unpaired) electrons. The highest BCUT2D eigenvalue weighted by Gasteiger charge is 2.08. The van der Waals surface area contributed by atoms with E-state index in [2.05, 4.69) is 4.98 Å². The molecule has 0 aliphatic carbocycles. The van der Waals surface area contributed by atoms with Gasteiger partial charge in [0.05, 0.1) is 5.69 Å². The van der Waals surface area contributed by atoms with Gasteiger partial charge in [-0.3, -0.25) is 4.90 Å². The third-order valence-corrected chi connectivity index (χ3v) is 2.26. The quantitative estimate of drug-likeness (QED) is 0.684. The van der Waals surface area contributed by atoms with Crippen LogP contribution in [0.4, 0.5) is 9.93 Å².